The lowest BCUT2D eigenvalue weighted by atomic mass is 10.1. The van der Waals surface area contributed by atoms with Crippen molar-refractivity contribution in [1.82, 2.24) is 15.5 Å². The number of rotatable bonds is 9. The van der Waals surface area contributed by atoms with E-state index in [-0.39, 0.29) is 17.9 Å². The van der Waals surface area contributed by atoms with Crippen molar-refractivity contribution in [2.24, 2.45) is 0 Å². The Morgan fingerprint density at radius 1 is 1.30 bits per heavy atom. The van der Waals surface area contributed by atoms with E-state index in [9.17, 15) is 9.59 Å². The van der Waals surface area contributed by atoms with Crippen LogP contribution in [0.4, 0.5) is 0 Å². The zero-order valence-electron chi connectivity index (χ0n) is 16.1. The van der Waals surface area contributed by atoms with Gasteiger partial charge in [0.1, 0.15) is 11.8 Å². The predicted octanol–water partition coefficient (Wildman–Crippen LogP) is 1.90. The maximum Gasteiger partial charge on any atom is 0.255 e. The van der Waals surface area contributed by atoms with E-state index in [1.165, 1.54) is 20.0 Å². The summed E-state index contributed by atoms with van der Waals surface area (Å²) in [7, 11) is 1.54. The fourth-order valence-corrected chi connectivity index (χ4v) is 4.02. The van der Waals surface area contributed by atoms with E-state index >= 15 is 0 Å². The maximum absolute atomic E-state index is 12.8. The molecule has 1 aromatic carbocycles. The molecule has 3 rings (SSSR count). The van der Waals surface area contributed by atoms with Crippen LogP contribution in [0.15, 0.2) is 24.3 Å². The third-order valence-electron chi connectivity index (χ3n) is 5.21. The second-order valence-electron chi connectivity index (χ2n) is 7.23. The molecular weight excluding hydrogens is 362 g/mol. The van der Waals surface area contributed by atoms with Crippen molar-refractivity contribution in [3.8, 4) is 5.75 Å². The van der Waals surface area contributed by atoms with Crippen LogP contribution in [0.1, 0.15) is 36.0 Å². The summed E-state index contributed by atoms with van der Waals surface area (Å²) in [5, 5.41) is 6.06. The van der Waals surface area contributed by atoms with Gasteiger partial charge in [0, 0.05) is 25.2 Å². The van der Waals surface area contributed by atoms with Crippen molar-refractivity contribution in [1.29, 1.82) is 0 Å². The molecular formula is C20H29N3O3S. The molecule has 2 aliphatic rings. The Kier molecular flexibility index (Phi) is 7.01. The summed E-state index contributed by atoms with van der Waals surface area (Å²) >= 11 is 1.67. The Bertz CT molecular complexity index is 666. The van der Waals surface area contributed by atoms with Gasteiger partial charge in [-0.25, -0.2) is 0 Å². The zero-order valence-corrected chi connectivity index (χ0v) is 16.9. The lowest BCUT2D eigenvalue weighted by molar-refractivity contribution is -0.123. The summed E-state index contributed by atoms with van der Waals surface area (Å²) < 4.78 is 5.27. The van der Waals surface area contributed by atoms with Crippen LogP contribution in [0, 0.1) is 0 Å². The first-order valence-corrected chi connectivity index (χ1v) is 11.0. The first kappa shape index (κ1) is 20.0. The molecule has 1 saturated carbocycles. The molecule has 0 spiro atoms. The Morgan fingerprint density at radius 3 is 2.78 bits per heavy atom. The van der Waals surface area contributed by atoms with E-state index in [0.717, 1.165) is 31.3 Å². The second kappa shape index (κ2) is 9.46. The molecule has 0 bridgehead atoms. The monoisotopic (exact) mass is 391 g/mol. The number of para-hydroxylation sites is 1. The van der Waals surface area contributed by atoms with E-state index in [1.54, 1.807) is 30.0 Å². The van der Waals surface area contributed by atoms with Crippen LogP contribution >= 0.6 is 11.8 Å². The SMILES string of the molecule is COc1ccccc1C(=O)NC(CCSC)C(=O)NC1CCN(C2CC2)C1. The van der Waals surface area contributed by atoms with Gasteiger partial charge >= 0.3 is 0 Å². The van der Waals surface area contributed by atoms with E-state index in [4.69, 9.17) is 4.74 Å². The Labute approximate surface area is 165 Å². The standard InChI is InChI=1S/C20H29N3O3S/c1-26-18-6-4-3-5-16(18)19(24)22-17(10-12-27-2)20(25)21-14-9-11-23(13-14)15-7-8-15/h3-6,14-15,17H,7-13H2,1-2H3,(H,21,25)(H,22,24). The van der Waals surface area contributed by atoms with Gasteiger partial charge in [0.2, 0.25) is 5.91 Å². The lowest BCUT2D eigenvalue weighted by Gasteiger charge is -2.22. The number of methoxy groups -OCH3 is 1. The molecule has 1 aliphatic heterocycles. The Morgan fingerprint density at radius 2 is 2.07 bits per heavy atom. The first-order chi connectivity index (χ1) is 13.1. The normalized spacial score (nSPS) is 20.9. The highest BCUT2D eigenvalue weighted by Gasteiger charge is 2.35. The van der Waals surface area contributed by atoms with Crippen molar-refractivity contribution in [2.45, 2.75) is 43.8 Å². The Hall–Kier alpha value is -1.73. The van der Waals surface area contributed by atoms with Crippen LogP contribution < -0.4 is 15.4 Å². The number of nitrogens with zero attached hydrogens (tertiary/aromatic N) is 1. The summed E-state index contributed by atoms with van der Waals surface area (Å²) in [4.78, 5) is 28.0. The summed E-state index contributed by atoms with van der Waals surface area (Å²) in [5.41, 5.74) is 0.447. The number of likely N-dealkylation sites (tertiary alicyclic amines) is 1. The van der Waals surface area contributed by atoms with Gasteiger partial charge in [-0.15, -0.1) is 0 Å². The topological polar surface area (TPSA) is 70.7 Å². The molecule has 2 fully saturated rings. The summed E-state index contributed by atoms with van der Waals surface area (Å²) in [5.74, 6) is 0.952. The van der Waals surface area contributed by atoms with E-state index < -0.39 is 6.04 Å². The van der Waals surface area contributed by atoms with Gasteiger partial charge in [0.25, 0.3) is 5.91 Å². The summed E-state index contributed by atoms with van der Waals surface area (Å²) in [6.45, 7) is 1.98. The first-order valence-electron chi connectivity index (χ1n) is 9.59. The molecule has 1 heterocycles. The highest BCUT2D eigenvalue weighted by Crippen LogP contribution is 2.29. The number of ether oxygens (including phenoxy) is 1. The molecule has 2 unspecified atom stereocenters. The number of hydrogen-bond acceptors (Lipinski definition) is 5. The minimum absolute atomic E-state index is 0.0880. The highest BCUT2D eigenvalue weighted by molar-refractivity contribution is 7.98. The molecule has 6 nitrogen and oxygen atoms in total. The van der Waals surface area contributed by atoms with Crippen molar-refractivity contribution in [2.75, 3.05) is 32.2 Å². The molecule has 27 heavy (non-hydrogen) atoms. The molecule has 0 radical (unpaired) electrons. The summed E-state index contributed by atoms with van der Waals surface area (Å²) in [6.07, 6.45) is 6.16. The molecule has 2 amide bonds. The third-order valence-corrected chi connectivity index (χ3v) is 5.86. The molecule has 1 saturated heterocycles. The number of carbonyl (C=O) groups excluding carboxylic acids is 2. The predicted molar refractivity (Wildman–Crippen MR) is 108 cm³/mol. The Balaban J connectivity index is 1.60. The van der Waals surface area contributed by atoms with Crippen LogP contribution in [0.5, 0.6) is 5.75 Å². The van der Waals surface area contributed by atoms with Crippen LogP contribution in [0.25, 0.3) is 0 Å². The van der Waals surface area contributed by atoms with Gasteiger partial charge in [-0.3, -0.25) is 14.5 Å². The number of benzene rings is 1. The van der Waals surface area contributed by atoms with Gasteiger partial charge in [-0.05, 0) is 49.8 Å². The van der Waals surface area contributed by atoms with Crippen LogP contribution in [-0.4, -0.2) is 67.0 Å². The zero-order chi connectivity index (χ0) is 19.2. The number of hydrogen-bond donors (Lipinski definition) is 2. The van der Waals surface area contributed by atoms with Crippen molar-refractivity contribution >= 4 is 23.6 Å². The van der Waals surface area contributed by atoms with Crippen LogP contribution in [0.2, 0.25) is 0 Å². The maximum atomic E-state index is 12.8. The summed E-state index contributed by atoms with van der Waals surface area (Å²) in [6, 6.07) is 7.44. The molecule has 2 N–H and O–H groups in total. The van der Waals surface area contributed by atoms with Crippen LogP contribution in [-0.2, 0) is 4.79 Å². The van der Waals surface area contributed by atoms with Crippen molar-refractivity contribution in [3.63, 3.8) is 0 Å². The van der Waals surface area contributed by atoms with Crippen molar-refractivity contribution in [3.05, 3.63) is 29.8 Å². The average molecular weight is 392 g/mol. The van der Waals surface area contributed by atoms with Gasteiger partial charge in [-0.1, -0.05) is 12.1 Å². The fourth-order valence-electron chi connectivity index (χ4n) is 3.55. The number of thioether (sulfide) groups is 1. The number of carbonyl (C=O) groups is 2. The van der Waals surface area contributed by atoms with Gasteiger partial charge in [0.05, 0.1) is 12.7 Å². The fraction of sp³-hybridized carbons (Fsp3) is 0.600. The highest BCUT2D eigenvalue weighted by atomic mass is 32.2. The lowest BCUT2D eigenvalue weighted by Crippen LogP contribution is -2.50. The van der Waals surface area contributed by atoms with Gasteiger partial charge in [0.15, 0.2) is 0 Å². The van der Waals surface area contributed by atoms with E-state index in [1.807, 2.05) is 12.3 Å². The quantitative estimate of drug-likeness (QED) is 0.673. The van der Waals surface area contributed by atoms with Gasteiger partial charge < -0.3 is 15.4 Å². The molecule has 0 aromatic heterocycles. The largest absolute Gasteiger partial charge is 0.496 e. The second-order valence-corrected chi connectivity index (χ2v) is 8.21. The number of amides is 2. The molecule has 148 valence electrons. The third kappa shape index (κ3) is 5.39. The molecule has 1 aliphatic carbocycles. The molecule has 7 heteroatoms. The average Bonchev–Trinajstić information content (AvgIpc) is 3.44. The van der Waals surface area contributed by atoms with Crippen LogP contribution in [0.3, 0.4) is 0 Å². The van der Waals surface area contributed by atoms with E-state index in [0.29, 0.717) is 17.7 Å². The van der Waals surface area contributed by atoms with Gasteiger partial charge in [-0.2, -0.15) is 11.8 Å². The molecule has 2 atom stereocenters. The van der Waals surface area contributed by atoms with Crippen molar-refractivity contribution < 1.29 is 14.3 Å². The minimum Gasteiger partial charge on any atom is -0.496 e. The smallest absolute Gasteiger partial charge is 0.255 e. The molecule has 1 aromatic rings. The minimum atomic E-state index is -0.537. The van der Waals surface area contributed by atoms with E-state index in [2.05, 4.69) is 15.5 Å². The number of nitrogens with one attached hydrogen (secondary N) is 2.